The Balaban J connectivity index is 0.000000164. The minimum atomic E-state index is -1.28. The molecule has 2 aromatic heterocycles. The third-order valence-electron chi connectivity index (χ3n) is 8.22. The van der Waals surface area contributed by atoms with Crippen molar-refractivity contribution in [2.24, 2.45) is 0 Å². The third-order valence-corrected chi connectivity index (χ3v) is 8.46. The summed E-state index contributed by atoms with van der Waals surface area (Å²) in [5, 5.41) is 9.06. The molecule has 0 bridgehead atoms. The fourth-order valence-corrected chi connectivity index (χ4v) is 6.09. The molecule has 4 aromatic carbocycles. The van der Waals surface area contributed by atoms with E-state index in [1.54, 1.807) is 13.8 Å². The predicted octanol–water partition coefficient (Wildman–Crippen LogP) is 7.63. The zero-order chi connectivity index (χ0) is 37.9. The lowest BCUT2D eigenvalue weighted by Gasteiger charge is -2.24. The van der Waals surface area contributed by atoms with Gasteiger partial charge in [-0.05, 0) is 62.4 Å². The maximum Gasteiger partial charge on any atom is 0.343 e. The first kappa shape index (κ1) is 34.8. The van der Waals surface area contributed by atoms with Crippen LogP contribution in [0.15, 0.2) is 70.5 Å². The normalized spacial score (nSPS) is 11.7. The van der Waals surface area contributed by atoms with Gasteiger partial charge in [0.25, 0.3) is 0 Å². The molecule has 0 radical (unpaired) electrons. The molecule has 6 aromatic rings. The molecule has 2 aliphatic heterocycles. The van der Waals surface area contributed by atoms with Gasteiger partial charge < -0.3 is 28.1 Å². The Morgan fingerprint density at radius 1 is 0.736 bits per heavy atom. The van der Waals surface area contributed by atoms with Crippen LogP contribution in [0.25, 0.3) is 33.2 Å². The van der Waals surface area contributed by atoms with Crippen LogP contribution in [-0.2, 0) is 9.47 Å². The van der Waals surface area contributed by atoms with Crippen molar-refractivity contribution in [2.75, 3.05) is 13.2 Å². The van der Waals surface area contributed by atoms with Gasteiger partial charge in [0, 0.05) is 17.4 Å². The number of hydrogen-bond acceptors (Lipinski definition) is 9. The summed E-state index contributed by atoms with van der Waals surface area (Å²) in [6.45, 7) is 3.27. The molecule has 0 saturated carbocycles. The number of carbonyl (C=O) groups is 2. The lowest BCUT2D eigenvalue weighted by Crippen LogP contribution is -2.22. The van der Waals surface area contributed by atoms with E-state index in [-0.39, 0.29) is 63.2 Å². The molecule has 2 aliphatic rings. The highest BCUT2D eigenvalue weighted by Gasteiger charge is 2.31. The molecular formula is C37H20ClF4N3O8. The van der Waals surface area contributed by atoms with Gasteiger partial charge in [-0.1, -0.05) is 11.6 Å². The van der Waals surface area contributed by atoms with Crippen LogP contribution >= 0.6 is 11.6 Å². The summed E-state index contributed by atoms with van der Waals surface area (Å²) < 4.78 is 80.1. The van der Waals surface area contributed by atoms with Crippen LogP contribution in [0.4, 0.5) is 17.6 Å². The Morgan fingerprint density at radius 3 is 1.64 bits per heavy atom. The monoisotopic (exact) mass is 745 g/mol. The molecular weight excluding hydrogens is 726 g/mol. The molecule has 0 amide bonds. The van der Waals surface area contributed by atoms with Gasteiger partial charge in [-0.2, -0.15) is 14.0 Å². The highest BCUT2D eigenvalue weighted by Crippen LogP contribution is 2.44. The van der Waals surface area contributed by atoms with Gasteiger partial charge >= 0.3 is 11.9 Å². The fraction of sp³-hybridized carbons (Fsp3) is 0.108. The number of ether oxygens (including phenoxy) is 4. The summed E-state index contributed by atoms with van der Waals surface area (Å²) in [6, 6.07) is 12.3. The van der Waals surface area contributed by atoms with Gasteiger partial charge in [-0.15, -0.1) is 0 Å². The summed E-state index contributed by atoms with van der Waals surface area (Å²) in [7, 11) is 0. The van der Waals surface area contributed by atoms with Crippen LogP contribution in [0.2, 0.25) is 5.02 Å². The molecule has 0 aliphatic carbocycles. The van der Waals surface area contributed by atoms with Crippen LogP contribution in [-0.4, -0.2) is 34.3 Å². The van der Waals surface area contributed by atoms with Crippen molar-refractivity contribution < 1.29 is 46.1 Å². The standard InChI is InChI=1S/C19H10F2N2O4.C18H10ClF2NO4/c1-2-26-19(25)11-8-23-13-5-9(7-22)3-4-14(13)27-18-15(21)12(20)6-10(16(18)23)17(11)24;1-2-25-18(24)10-7-22-12-5-8(19)3-4-13(12)26-17-14(21)11(20)6-9(15(17)22)16(10)23/h3-6,8H,2H2,1H3;3-7H,2H2,1H3. The van der Waals surface area contributed by atoms with Crippen LogP contribution in [0.3, 0.4) is 0 Å². The minimum Gasteiger partial charge on any atom is -0.462 e. The van der Waals surface area contributed by atoms with Crippen LogP contribution in [0.5, 0.6) is 23.0 Å². The highest BCUT2D eigenvalue weighted by molar-refractivity contribution is 6.30. The zero-order valence-corrected chi connectivity index (χ0v) is 27.9. The number of benzene rings is 4. The van der Waals surface area contributed by atoms with E-state index in [0.29, 0.717) is 16.4 Å². The van der Waals surface area contributed by atoms with Crippen LogP contribution < -0.4 is 20.3 Å². The van der Waals surface area contributed by atoms with Crippen molar-refractivity contribution in [1.29, 1.82) is 5.26 Å². The Bertz CT molecular complexity index is 2780. The van der Waals surface area contributed by atoms with E-state index in [0.717, 1.165) is 12.1 Å². The van der Waals surface area contributed by atoms with E-state index in [9.17, 15) is 36.7 Å². The molecule has 11 nitrogen and oxygen atoms in total. The third kappa shape index (κ3) is 5.60. The summed E-state index contributed by atoms with van der Waals surface area (Å²) in [6.07, 6.45) is 2.41. The van der Waals surface area contributed by atoms with E-state index in [4.69, 9.17) is 35.8 Å². The number of aromatic nitrogens is 2. The lowest BCUT2D eigenvalue weighted by atomic mass is 10.1. The second-order valence-electron chi connectivity index (χ2n) is 11.3. The number of halogens is 5. The van der Waals surface area contributed by atoms with Gasteiger partial charge in [-0.25, -0.2) is 18.4 Å². The molecule has 0 atom stereocenters. The Morgan fingerprint density at radius 2 is 1.19 bits per heavy atom. The number of rotatable bonds is 4. The first-order valence-electron chi connectivity index (χ1n) is 15.6. The smallest absolute Gasteiger partial charge is 0.343 e. The molecule has 8 rings (SSSR count). The number of hydrogen-bond donors (Lipinski definition) is 0. The molecule has 0 spiro atoms. The van der Waals surface area contributed by atoms with Gasteiger partial charge in [0.05, 0.1) is 47.0 Å². The predicted molar refractivity (Wildman–Crippen MR) is 181 cm³/mol. The summed E-state index contributed by atoms with van der Waals surface area (Å²) in [4.78, 5) is 49.7. The highest BCUT2D eigenvalue weighted by atomic mass is 35.5. The minimum absolute atomic E-state index is 0.0108. The number of fused-ring (bicyclic) bond motifs is 4. The average Bonchev–Trinajstić information content (AvgIpc) is 3.14. The Labute approximate surface area is 299 Å². The SMILES string of the molecule is CCOC(=O)c1cn2c3c(c(F)c(F)cc3c1=O)Oc1ccc(C#N)cc1-2.CCOC(=O)c1cn2c3c(c(F)c(F)cc3c1=O)Oc1ccc(Cl)cc1-2. The number of nitriles is 1. The second kappa shape index (κ2) is 13.1. The second-order valence-corrected chi connectivity index (χ2v) is 11.8. The molecule has 53 heavy (non-hydrogen) atoms. The van der Waals surface area contributed by atoms with Gasteiger partial charge in [0.2, 0.25) is 22.5 Å². The van der Waals surface area contributed by atoms with Crippen LogP contribution in [0, 0.1) is 34.6 Å². The van der Waals surface area contributed by atoms with Crippen molar-refractivity contribution in [1.82, 2.24) is 9.13 Å². The van der Waals surface area contributed by atoms with Crippen LogP contribution in [0.1, 0.15) is 40.1 Å². The number of nitrogens with zero attached hydrogens (tertiary/aromatic N) is 3. The molecule has 4 heterocycles. The number of carbonyl (C=O) groups excluding carboxylic acids is 2. The molecule has 0 saturated heterocycles. The van der Waals surface area contributed by atoms with E-state index >= 15 is 0 Å². The van der Waals surface area contributed by atoms with Gasteiger partial charge in [-0.3, -0.25) is 9.59 Å². The van der Waals surface area contributed by atoms with Gasteiger partial charge in [0.1, 0.15) is 22.2 Å². The number of esters is 2. The summed E-state index contributed by atoms with van der Waals surface area (Å²) in [5.74, 6) is -7.30. The maximum atomic E-state index is 14.3. The van der Waals surface area contributed by atoms with Crippen molar-refractivity contribution in [3.05, 3.63) is 126 Å². The first-order valence-corrected chi connectivity index (χ1v) is 15.9. The quantitative estimate of drug-likeness (QED) is 0.131. The molecule has 0 fully saturated rings. The van der Waals surface area contributed by atoms with E-state index in [1.165, 1.54) is 57.9 Å². The van der Waals surface area contributed by atoms with Gasteiger partial charge in [0.15, 0.2) is 34.6 Å². The van der Waals surface area contributed by atoms with E-state index in [1.807, 2.05) is 6.07 Å². The molecule has 16 heteroatoms. The fourth-order valence-electron chi connectivity index (χ4n) is 5.93. The largest absolute Gasteiger partial charge is 0.462 e. The summed E-state index contributed by atoms with van der Waals surface area (Å²) in [5.41, 5.74) is -1.26. The van der Waals surface area contributed by atoms with E-state index < -0.39 is 57.6 Å². The average molecular weight is 746 g/mol. The van der Waals surface area contributed by atoms with Crippen molar-refractivity contribution in [3.8, 4) is 40.4 Å². The number of pyridine rings is 2. The Hall–Kier alpha value is -6.66. The summed E-state index contributed by atoms with van der Waals surface area (Å²) >= 11 is 6.02. The first-order chi connectivity index (χ1) is 25.4. The van der Waals surface area contributed by atoms with Crippen molar-refractivity contribution in [3.63, 3.8) is 0 Å². The molecule has 0 N–H and O–H groups in total. The lowest BCUT2D eigenvalue weighted by molar-refractivity contribution is 0.0514. The topological polar surface area (TPSA) is 139 Å². The van der Waals surface area contributed by atoms with Crippen molar-refractivity contribution >= 4 is 45.3 Å². The molecule has 266 valence electrons. The van der Waals surface area contributed by atoms with Crippen molar-refractivity contribution in [2.45, 2.75) is 13.8 Å². The van der Waals surface area contributed by atoms with E-state index in [2.05, 4.69) is 0 Å². The maximum absolute atomic E-state index is 14.3. The molecule has 0 unspecified atom stereocenters. The Kier molecular flexibility index (Phi) is 8.63. The zero-order valence-electron chi connectivity index (χ0n) is 27.2.